The minimum atomic E-state index is -0.700. The fourth-order valence-corrected chi connectivity index (χ4v) is 4.66. The SMILES string of the molecule is Cn1c(=O)n(C2CCC(=O)NC2=O)c2ccc(C#CCCCCCn3cc(CC(=O)OC(C)(C)C)cn3)cc21. The van der Waals surface area contributed by atoms with Crippen LogP contribution in [0.25, 0.3) is 11.0 Å². The molecule has 0 spiro atoms. The molecule has 4 rings (SSSR count). The number of unbranched alkanes of at least 4 members (excludes halogenated alkanes) is 3. The summed E-state index contributed by atoms with van der Waals surface area (Å²) in [5.41, 5.74) is 2.20. The minimum Gasteiger partial charge on any atom is -0.460 e. The van der Waals surface area contributed by atoms with Gasteiger partial charge in [-0.1, -0.05) is 18.3 Å². The highest BCUT2D eigenvalue weighted by Crippen LogP contribution is 2.23. The predicted octanol–water partition coefficient (Wildman–Crippen LogP) is 3.01. The zero-order valence-electron chi connectivity index (χ0n) is 23.0. The number of esters is 1. The Bertz CT molecular complexity index is 1510. The highest BCUT2D eigenvalue weighted by Gasteiger charge is 2.31. The van der Waals surface area contributed by atoms with E-state index in [0.29, 0.717) is 17.5 Å². The number of rotatable bonds is 8. The summed E-state index contributed by atoms with van der Waals surface area (Å²) in [5, 5.41) is 6.66. The molecule has 1 N–H and O–H groups in total. The Balaban J connectivity index is 1.26. The molecular weight excluding hydrogens is 498 g/mol. The molecule has 39 heavy (non-hydrogen) atoms. The van der Waals surface area contributed by atoms with Crippen LogP contribution in [0.15, 0.2) is 35.4 Å². The number of hydrogen-bond acceptors (Lipinski definition) is 6. The van der Waals surface area contributed by atoms with Crippen molar-refractivity contribution in [2.24, 2.45) is 7.05 Å². The summed E-state index contributed by atoms with van der Waals surface area (Å²) >= 11 is 0. The van der Waals surface area contributed by atoms with E-state index in [1.165, 1.54) is 9.13 Å². The second-order valence-corrected chi connectivity index (χ2v) is 10.9. The molecule has 0 aliphatic carbocycles. The predicted molar refractivity (Wildman–Crippen MR) is 146 cm³/mol. The number of benzene rings is 1. The molecule has 1 atom stereocenters. The summed E-state index contributed by atoms with van der Waals surface area (Å²) in [4.78, 5) is 48.7. The number of carbonyl (C=O) groups excluding carboxylic acids is 3. The first-order chi connectivity index (χ1) is 18.5. The van der Waals surface area contributed by atoms with Gasteiger partial charge in [0.2, 0.25) is 11.8 Å². The molecule has 0 bridgehead atoms. The van der Waals surface area contributed by atoms with Crippen LogP contribution in [-0.4, -0.2) is 42.3 Å². The van der Waals surface area contributed by atoms with Crippen LogP contribution in [0.3, 0.4) is 0 Å². The van der Waals surface area contributed by atoms with Gasteiger partial charge in [0.15, 0.2) is 0 Å². The monoisotopic (exact) mass is 533 g/mol. The van der Waals surface area contributed by atoms with Crippen molar-refractivity contribution in [2.45, 2.75) is 83.9 Å². The Hall–Kier alpha value is -4.13. The summed E-state index contributed by atoms with van der Waals surface area (Å²) in [6.45, 7) is 6.33. The number of ether oxygens (including phenoxy) is 1. The maximum atomic E-state index is 12.9. The van der Waals surface area contributed by atoms with Crippen molar-refractivity contribution >= 4 is 28.8 Å². The Morgan fingerprint density at radius 1 is 1.15 bits per heavy atom. The fourth-order valence-electron chi connectivity index (χ4n) is 4.66. The molecule has 0 radical (unpaired) electrons. The second-order valence-electron chi connectivity index (χ2n) is 10.9. The maximum absolute atomic E-state index is 12.9. The molecule has 1 aromatic carbocycles. The standard InChI is InChI=1S/C29H35N5O5/c1-29(2,3)39-26(36)17-21-18-30-33(19-21)15-9-7-5-6-8-10-20-11-12-22-24(16-20)32(4)28(38)34(22)23-13-14-25(35)31-27(23)37/h11-12,16,18-19,23H,5-7,9,13-15,17H2,1-4H3,(H,31,35,37). The molecule has 0 saturated carbocycles. The van der Waals surface area contributed by atoms with Crippen molar-refractivity contribution in [1.82, 2.24) is 24.2 Å². The van der Waals surface area contributed by atoms with Crippen molar-refractivity contribution in [2.75, 3.05) is 0 Å². The number of nitrogens with zero attached hydrogens (tertiary/aromatic N) is 4. The van der Waals surface area contributed by atoms with Crippen molar-refractivity contribution in [1.29, 1.82) is 0 Å². The van der Waals surface area contributed by atoms with E-state index in [1.54, 1.807) is 13.2 Å². The highest BCUT2D eigenvalue weighted by atomic mass is 16.6. The number of imidazole rings is 1. The highest BCUT2D eigenvalue weighted by molar-refractivity contribution is 6.00. The van der Waals surface area contributed by atoms with Gasteiger partial charge in [0.1, 0.15) is 11.6 Å². The molecule has 1 unspecified atom stereocenters. The first-order valence-corrected chi connectivity index (χ1v) is 13.3. The van der Waals surface area contributed by atoms with Crippen molar-refractivity contribution in [3.63, 3.8) is 0 Å². The third-order valence-corrected chi connectivity index (χ3v) is 6.49. The van der Waals surface area contributed by atoms with Crippen LogP contribution in [-0.2, 0) is 39.1 Å². The lowest BCUT2D eigenvalue weighted by molar-refractivity contribution is -0.154. The molecule has 206 valence electrons. The molecule has 10 heteroatoms. The van der Waals surface area contributed by atoms with E-state index in [2.05, 4.69) is 22.3 Å². The van der Waals surface area contributed by atoms with E-state index in [9.17, 15) is 19.2 Å². The van der Waals surface area contributed by atoms with E-state index in [4.69, 9.17) is 4.74 Å². The van der Waals surface area contributed by atoms with E-state index >= 15 is 0 Å². The third-order valence-electron chi connectivity index (χ3n) is 6.49. The van der Waals surface area contributed by atoms with Gasteiger partial charge in [-0.3, -0.25) is 33.5 Å². The molecule has 10 nitrogen and oxygen atoms in total. The molecular formula is C29H35N5O5. The zero-order chi connectivity index (χ0) is 28.2. The van der Waals surface area contributed by atoms with Crippen LogP contribution in [0.1, 0.15) is 76.5 Å². The molecule has 3 aromatic rings. The van der Waals surface area contributed by atoms with Crippen LogP contribution in [0, 0.1) is 11.8 Å². The number of hydrogen-bond donors (Lipinski definition) is 1. The van der Waals surface area contributed by atoms with Gasteiger partial charge in [0, 0.05) is 43.8 Å². The van der Waals surface area contributed by atoms with Gasteiger partial charge in [-0.2, -0.15) is 5.10 Å². The smallest absolute Gasteiger partial charge is 0.329 e. The second kappa shape index (κ2) is 11.7. The van der Waals surface area contributed by atoms with E-state index < -0.39 is 17.6 Å². The summed E-state index contributed by atoms with van der Waals surface area (Å²) in [6, 6.07) is 4.82. The molecule has 3 heterocycles. The van der Waals surface area contributed by atoms with Gasteiger partial charge >= 0.3 is 11.7 Å². The summed E-state index contributed by atoms with van der Waals surface area (Å²) in [5.74, 6) is 5.37. The van der Waals surface area contributed by atoms with Crippen molar-refractivity contribution < 1.29 is 19.1 Å². The minimum absolute atomic E-state index is 0.208. The molecule has 2 amide bonds. The first kappa shape index (κ1) is 27.9. The van der Waals surface area contributed by atoms with E-state index in [1.807, 2.05) is 49.8 Å². The van der Waals surface area contributed by atoms with Gasteiger partial charge in [-0.05, 0) is 58.2 Å². The fraction of sp³-hybridized carbons (Fsp3) is 0.483. The average molecular weight is 534 g/mol. The average Bonchev–Trinajstić information content (AvgIpc) is 3.39. The Labute approximate surface area is 227 Å². The maximum Gasteiger partial charge on any atom is 0.329 e. The quantitative estimate of drug-likeness (QED) is 0.206. The van der Waals surface area contributed by atoms with Gasteiger partial charge in [0.05, 0.1) is 23.7 Å². The normalized spacial score (nSPS) is 15.6. The lowest BCUT2D eigenvalue weighted by atomic mass is 10.1. The van der Waals surface area contributed by atoms with Crippen LogP contribution in [0.2, 0.25) is 0 Å². The van der Waals surface area contributed by atoms with Gasteiger partial charge < -0.3 is 4.74 Å². The summed E-state index contributed by atoms with van der Waals surface area (Å²) in [6.07, 6.45) is 7.98. The number of nitrogens with one attached hydrogen (secondary N) is 1. The Kier molecular flexibility index (Phi) is 8.38. The third kappa shape index (κ3) is 7.05. The Morgan fingerprint density at radius 3 is 2.69 bits per heavy atom. The zero-order valence-corrected chi connectivity index (χ0v) is 23.0. The molecule has 1 aliphatic rings. The number of carbonyl (C=O) groups is 3. The van der Waals surface area contributed by atoms with Gasteiger partial charge in [-0.15, -0.1) is 0 Å². The summed E-state index contributed by atoms with van der Waals surface area (Å²) < 4.78 is 10.2. The van der Waals surface area contributed by atoms with Gasteiger partial charge in [-0.25, -0.2) is 4.79 Å². The summed E-state index contributed by atoms with van der Waals surface area (Å²) in [7, 11) is 1.67. The number of amides is 2. The van der Waals surface area contributed by atoms with Crippen LogP contribution in [0.4, 0.5) is 0 Å². The Morgan fingerprint density at radius 2 is 1.95 bits per heavy atom. The molecule has 2 aromatic heterocycles. The van der Waals surface area contributed by atoms with E-state index in [0.717, 1.165) is 43.4 Å². The number of fused-ring (bicyclic) bond motifs is 1. The largest absolute Gasteiger partial charge is 0.460 e. The lowest BCUT2D eigenvalue weighted by Gasteiger charge is -2.21. The van der Waals surface area contributed by atoms with Crippen molar-refractivity contribution in [3.05, 3.63) is 52.2 Å². The van der Waals surface area contributed by atoms with E-state index in [-0.39, 0.29) is 30.4 Å². The van der Waals surface area contributed by atoms with Gasteiger partial charge in [0.25, 0.3) is 0 Å². The topological polar surface area (TPSA) is 117 Å². The number of piperidine rings is 1. The number of imide groups is 1. The number of aromatic nitrogens is 4. The molecule has 1 fully saturated rings. The molecule has 1 aliphatic heterocycles. The number of aryl methyl sites for hydroxylation is 2. The van der Waals surface area contributed by atoms with Crippen LogP contribution < -0.4 is 11.0 Å². The van der Waals surface area contributed by atoms with Crippen LogP contribution >= 0.6 is 0 Å². The molecule has 1 saturated heterocycles. The van der Waals surface area contributed by atoms with Crippen molar-refractivity contribution in [3.8, 4) is 11.8 Å². The lowest BCUT2D eigenvalue weighted by Crippen LogP contribution is -2.44. The van der Waals surface area contributed by atoms with Crippen LogP contribution in [0.5, 0.6) is 0 Å². The first-order valence-electron chi connectivity index (χ1n) is 13.3.